The lowest BCUT2D eigenvalue weighted by molar-refractivity contribution is -0.142. The Morgan fingerprint density at radius 2 is 1.79 bits per heavy atom. The standard InChI is InChI=1S/C24H23FN4O5/c25-19-8-7-15(34-22-17-5-2-1-4-16(17)21(30)26-27-22)14-18(19)23(31)28-9-11-29(12-10-28)24(32)20-6-3-13-33-20/h1-2,4-5,7-8,14,20H,3,6,9-13H2,(H,26,30). The lowest BCUT2D eigenvalue weighted by Crippen LogP contribution is -2.52. The maximum absolute atomic E-state index is 14.6. The van der Waals surface area contributed by atoms with Crippen molar-refractivity contribution in [1.82, 2.24) is 20.0 Å². The molecule has 176 valence electrons. The van der Waals surface area contributed by atoms with Crippen LogP contribution in [0, 0.1) is 5.82 Å². The molecule has 10 heteroatoms. The average molecular weight is 466 g/mol. The van der Waals surface area contributed by atoms with E-state index in [1.807, 2.05) is 0 Å². The number of H-pyrrole nitrogens is 1. The van der Waals surface area contributed by atoms with Crippen molar-refractivity contribution in [2.24, 2.45) is 0 Å². The highest BCUT2D eigenvalue weighted by Gasteiger charge is 2.32. The Morgan fingerprint density at radius 3 is 2.53 bits per heavy atom. The van der Waals surface area contributed by atoms with Crippen molar-refractivity contribution in [2.45, 2.75) is 18.9 Å². The number of aromatic amines is 1. The van der Waals surface area contributed by atoms with Crippen LogP contribution in [0.15, 0.2) is 47.3 Å². The topological polar surface area (TPSA) is 105 Å². The summed E-state index contributed by atoms with van der Waals surface area (Å²) in [4.78, 5) is 40.8. The van der Waals surface area contributed by atoms with Crippen molar-refractivity contribution in [3.63, 3.8) is 0 Å². The maximum atomic E-state index is 14.6. The Balaban J connectivity index is 1.31. The lowest BCUT2D eigenvalue weighted by Gasteiger charge is -2.35. The van der Waals surface area contributed by atoms with Gasteiger partial charge in [0.15, 0.2) is 0 Å². The van der Waals surface area contributed by atoms with Crippen molar-refractivity contribution in [1.29, 1.82) is 0 Å². The van der Waals surface area contributed by atoms with E-state index in [1.54, 1.807) is 29.2 Å². The van der Waals surface area contributed by atoms with Gasteiger partial charge in [0.1, 0.15) is 17.7 Å². The smallest absolute Gasteiger partial charge is 0.272 e. The second kappa shape index (κ2) is 9.22. The number of fused-ring (bicyclic) bond motifs is 1. The minimum atomic E-state index is -0.672. The van der Waals surface area contributed by atoms with Crippen LogP contribution in [-0.4, -0.2) is 70.7 Å². The van der Waals surface area contributed by atoms with Gasteiger partial charge < -0.3 is 19.3 Å². The summed E-state index contributed by atoms with van der Waals surface area (Å²) < 4.78 is 25.8. The number of benzene rings is 2. The fourth-order valence-electron chi connectivity index (χ4n) is 4.29. The van der Waals surface area contributed by atoms with Crippen LogP contribution in [0.1, 0.15) is 23.2 Å². The number of carbonyl (C=O) groups excluding carboxylic acids is 2. The SMILES string of the molecule is O=C(c1cc(Oc2n[nH]c(=O)c3ccccc23)ccc1F)N1CCN(C(=O)C2CCCO2)CC1. The summed E-state index contributed by atoms with van der Waals surface area (Å²) in [6, 6.07) is 10.7. The quantitative estimate of drug-likeness (QED) is 0.633. The summed E-state index contributed by atoms with van der Waals surface area (Å²) in [7, 11) is 0. The molecule has 2 aromatic carbocycles. The Bertz CT molecular complexity index is 1300. The number of carbonyl (C=O) groups is 2. The molecular weight excluding hydrogens is 443 g/mol. The van der Waals surface area contributed by atoms with Crippen molar-refractivity contribution in [3.05, 3.63) is 64.2 Å². The second-order valence-electron chi connectivity index (χ2n) is 8.27. The third-order valence-electron chi connectivity index (χ3n) is 6.13. The first-order chi connectivity index (χ1) is 16.5. The Labute approximate surface area is 194 Å². The highest BCUT2D eigenvalue weighted by Crippen LogP contribution is 2.27. The molecule has 0 spiro atoms. The summed E-state index contributed by atoms with van der Waals surface area (Å²) in [5.41, 5.74) is -0.486. The molecule has 3 aromatic rings. The number of nitrogens with zero attached hydrogens (tertiary/aromatic N) is 3. The van der Waals surface area contributed by atoms with E-state index in [0.29, 0.717) is 43.6 Å². The summed E-state index contributed by atoms with van der Waals surface area (Å²) in [6.45, 7) is 1.93. The first kappa shape index (κ1) is 22.0. The summed E-state index contributed by atoms with van der Waals surface area (Å²) in [6.07, 6.45) is 1.19. The van der Waals surface area contributed by atoms with Gasteiger partial charge in [0.25, 0.3) is 17.4 Å². The molecule has 2 saturated heterocycles. The summed E-state index contributed by atoms with van der Waals surface area (Å²) >= 11 is 0. The van der Waals surface area contributed by atoms with Crippen molar-refractivity contribution >= 4 is 22.6 Å². The van der Waals surface area contributed by atoms with Gasteiger partial charge in [-0.3, -0.25) is 14.4 Å². The van der Waals surface area contributed by atoms with Crippen LogP contribution in [0.25, 0.3) is 10.8 Å². The zero-order valence-electron chi connectivity index (χ0n) is 18.3. The van der Waals surface area contributed by atoms with E-state index in [9.17, 15) is 18.8 Å². The summed E-state index contributed by atoms with van der Waals surface area (Å²) in [5.74, 6) is -0.851. The van der Waals surface area contributed by atoms with Gasteiger partial charge in [-0.2, -0.15) is 0 Å². The Morgan fingerprint density at radius 1 is 1.06 bits per heavy atom. The fourth-order valence-corrected chi connectivity index (χ4v) is 4.29. The number of hydrogen-bond donors (Lipinski definition) is 1. The predicted molar refractivity (Wildman–Crippen MR) is 120 cm³/mol. The zero-order valence-corrected chi connectivity index (χ0v) is 18.3. The van der Waals surface area contributed by atoms with E-state index < -0.39 is 17.8 Å². The van der Waals surface area contributed by atoms with Gasteiger partial charge in [-0.05, 0) is 43.2 Å². The molecule has 2 aliphatic heterocycles. The maximum Gasteiger partial charge on any atom is 0.272 e. The van der Waals surface area contributed by atoms with Crippen molar-refractivity contribution in [3.8, 4) is 11.6 Å². The molecule has 1 atom stereocenters. The molecule has 2 amide bonds. The molecule has 3 heterocycles. The molecule has 1 unspecified atom stereocenters. The van der Waals surface area contributed by atoms with Crippen LogP contribution < -0.4 is 10.3 Å². The number of nitrogens with one attached hydrogen (secondary N) is 1. The average Bonchev–Trinajstić information content (AvgIpc) is 3.41. The molecule has 0 radical (unpaired) electrons. The van der Waals surface area contributed by atoms with E-state index in [1.165, 1.54) is 17.0 Å². The van der Waals surface area contributed by atoms with Gasteiger partial charge in [-0.25, -0.2) is 9.49 Å². The highest BCUT2D eigenvalue weighted by molar-refractivity contribution is 5.95. The number of hydrogen-bond acceptors (Lipinski definition) is 6. The largest absolute Gasteiger partial charge is 0.437 e. The normalized spacial score (nSPS) is 18.3. The van der Waals surface area contributed by atoms with E-state index in [0.717, 1.165) is 18.9 Å². The number of ether oxygens (including phenoxy) is 2. The molecule has 1 N–H and O–H groups in total. The monoisotopic (exact) mass is 466 g/mol. The molecule has 9 nitrogen and oxygen atoms in total. The van der Waals surface area contributed by atoms with Crippen molar-refractivity contribution < 1.29 is 23.5 Å². The van der Waals surface area contributed by atoms with Gasteiger partial charge in [-0.1, -0.05) is 12.1 Å². The fraction of sp³-hybridized carbons (Fsp3) is 0.333. The number of amides is 2. The molecule has 0 saturated carbocycles. The van der Waals surface area contributed by atoms with Crippen LogP contribution in [0.2, 0.25) is 0 Å². The van der Waals surface area contributed by atoms with Gasteiger partial charge in [0, 0.05) is 32.8 Å². The van der Waals surface area contributed by atoms with E-state index in [4.69, 9.17) is 9.47 Å². The minimum absolute atomic E-state index is 0.0493. The van der Waals surface area contributed by atoms with Gasteiger partial charge in [0.2, 0.25) is 5.88 Å². The molecular formula is C24H23FN4O5. The van der Waals surface area contributed by atoms with Crippen LogP contribution in [-0.2, 0) is 9.53 Å². The first-order valence-electron chi connectivity index (χ1n) is 11.2. The molecule has 5 rings (SSSR count). The van der Waals surface area contributed by atoms with Crippen LogP contribution >= 0.6 is 0 Å². The van der Waals surface area contributed by atoms with Crippen LogP contribution in [0.4, 0.5) is 4.39 Å². The number of rotatable bonds is 4. The third kappa shape index (κ3) is 4.24. The second-order valence-corrected chi connectivity index (χ2v) is 8.27. The first-order valence-corrected chi connectivity index (χ1v) is 11.2. The third-order valence-corrected chi connectivity index (χ3v) is 6.13. The van der Waals surface area contributed by atoms with E-state index in [2.05, 4.69) is 10.2 Å². The lowest BCUT2D eigenvalue weighted by atomic mass is 10.1. The highest BCUT2D eigenvalue weighted by atomic mass is 19.1. The molecule has 2 fully saturated rings. The van der Waals surface area contributed by atoms with Gasteiger partial charge in [0.05, 0.1) is 16.3 Å². The number of piperazine rings is 1. The number of halogens is 1. The Kier molecular flexibility index (Phi) is 5.97. The molecule has 0 bridgehead atoms. The molecule has 1 aromatic heterocycles. The Hall–Kier alpha value is -3.79. The summed E-state index contributed by atoms with van der Waals surface area (Å²) in [5, 5.41) is 7.23. The minimum Gasteiger partial charge on any atom is -0.437 e. The number of aromatic nitrogens is 2. The van der Waals surface area contributed by atoms with E-state index in [-0.39, 0.29) is 28.7 Å². The van der Waals surface area contributed by atoms with Crippen LogP contribution in [0.3, 0.4) is 0 Å². The van der Waals surface area contributed by atoms with E-state index >= 15 is 0 Å². The molecule has 34 heavy (non-hydrogen) atoms. The van der Waals surface area contributed by atoms with Gasteiger partial charge >= 0.3 is 0 Å². The van der Waals surface area contributed by atoms with Gasteiger partial charge in [-0.15, -0.1) is 5.10 Å². The van der Waals surface area contributed by atoms with Crippen LogP contribution in [0.5, 0.6) is 11.6 Å². The van der Waals surface area contributed by atoms with Crippen molar-refractivity contribution in [2.75, 3.05) is 32.8 Å². The molecule has 2 aliphatic rings. The zero-order chi connectivity index (χ0) is 23.7. The predicted octanol–water partition coefficient (Wildman–Crippen LogP) is 2.32. The molecule has 0 aliphatic carbocycles.